The molecule has 0 atom stereocenters. The summed E-state index contributed by atoms with van der Waals surface area (Å²) in [6, 6.07) is 5.08. The van der Waals surface area contributed by atoms with Crippen molar-refractivity contribution in [3.63, 3.8) is 0 Å². The minimum absolute atomic E-state index is 0.275. The molecule has 1 aromatic heterocycles. The van der Waals surface area contributed by atoms with Crippen LogP contribution in [0.1, 0.15) is 16.2 Å². The third-order valence-corrected chi connectivity index (χ3v) is 1.66. The van der Waals surface area contributed by atoms with Gasteiger partial charge in [0, 0.05) is 0 Å². The lowest BCUT2D eigenvalue weighted by Crippen LogP contribution is -2.30. The molecule has 1 aromatic rings. The first kappa shape index (κ1) is 11.4. The lowest BCUT2D eigenvalue weighted by Gasteiger charge is -2.03. The van der Waals surface area contributed by atoms with E-state index in [0.717, 1.165) is 0 Å². The van der Waals surface area contributed by atoms with Gasteiger partial charge in [0.15, 0.2) is 0 Å². The number of nitrogen functional groups attached to an aromatic ring is 1. The normalized spacial score (nSPS) is 9.67. The SMILES string of the molecule is C=CCOCc1cccc(C(=O)NN)n1. The molecule has 0 spiro atoms. The second-order valence-corrected chi connectivity index (χ2v) is 2.79. The van der Waals surface area contributed by atoms with E-state index in [1.54, 1.807) is 24.3 Å². The smallest absolute Gasteiger partial charge is 0.283 e. The Bertz CT molecular complexity index is 352. The number of hydrogen-bond donors (Lipinski definition) is 2. The Balaban J connectivity index is 2.65. The van der Waals surface area contributed by atoms with E-state index in [9.17, 15) is 4.79 Å². The van der Waals surface area contributed by atoms with Crippen molar-refractivity contribution in [1.82, 2.24) is 10.4 Å². The second-order valence-electron chi connectivity index (χ2n) is 2.79. The third kappa shape index (κ3) is 3.49. The van der Waals surface area contributed by atoms with Crippen molar-refractivity contribution in [3.8, 4) is 0 Å². The molecule has 0 aliphatic heterocycles. The van der Waals surface area contributed by atoms with E-state index < -0.39 is 5.91 Å². The van der Waals surface area contributed by atoms with Crippen molar-refractivity contribution in [2.45, 2.75) is 6.61 Å². The molecule has 5 nitrogen and oxygen atoms in total. The van der Waals surface area contributed by atoms with Crippen LogP contribution in [0.3, 0.4) is 0 Å². The zero-order chi connectivity index (χ0) is 11.1. The maximum Gasteiger partial charge on any atom is 0.283 e. The molecule has 0 radical (unpaired) electrons. The molecule has 5 heteroatoms. The molecule has 80 valence electrons. The summed E-state index contributed by atoms with van der Waals surface area (Å²) in [5, 5.41) is 0. The van der Waals surface area contributed by atoms with Gasteiger partial charge in [-0.05, 0) is 12.1 Å². The van der Waals surface area contributed by atoms with Crippen molar-refractivity contribution in [2.75, 3.05) is 6.61 Å². The Hall–Kier alpha value is -1.72. The average molecular weight is 207 g/mol. The molecular weight excluding hydrogens is 194 g/mol. The maximum absolute atomic E-state index is 11.1. The number of nitrogens with zero attached hydrogens (tertiary/aromatic N) is 1. The molecular formula is C10H13N3O2. The van der Waals surface area contributed by atoms with Gasteiger partial charge in [-0.2, -0.15) is 0 Å². The first-order valence-electron chi connectivity index (χ1n) is 4.43. The van der Waals surface area contributed by atoms with E-state index in [-0.39, 0.29) is 5.69 Å². The summed E-state index contributed by atoms with van der Waals surface area (Å²) >= 11 is 0. The number of aromatic nitrogens is 1. The van der Waals surface area contributed by atoms with Crippen LogP contribution in [0.4, 0.5) is 0 Å². The van der Waals surface area contributed by atoms with E-state index in [1.807, 2.05) is 5.43 Å². The van der Waals surface area contributed by atoms with Crippen molar-refractivity contribution in [1.29, 1.82) is 0 Å². The fraction of sp³-hybridized carbons (Fsp3) is 0.200. The molecule has 0 aromatic carbocycles. The molecule has 1 heterocycles. The fourth-order valence-corrected chi connectivity index (χ4v) is 1.01. The van der Waals surface area contributed by atoms with Crippen molar-refractivity contribution in [3.05, 3.63) is 42.2 Å². The molecule has 0 saturated heterocycles. The summed E-state index contributed by atoms with van der Waals surface area (Å²) < 4.78 is 5.19. The van der Waals surface area contributed by atoms with Gasteiger partial charge < -0.3 is 4.74 Å². The summed E-state index contributed by atoms with van der Waals surface area (Å²) in [4.78, 5) is 15.2. The standard InChI is InChI=1S/C10H13N3O2/c1-2-6-15-7-8-4-3-5-9(12-8)10(14)13-11/h2-5H,1,6-7,11H2,(H,13,14). The summed E-state index contributed by atoms with van der Waals surface area (Å²) in [7, 11) is 0. The van der Waals surface area contributed by atoms with Crippen LogP contribution in [0.2, 0.25) is 0 Å². The van der Waals surface area contributed by atoms with Crippen LogP contribution in [0.5, 0.6) is 0 Å². The van der Waals surface area contributed by atoms with Gasteiger partial charge in [0.2, 0.25) is 0 Å². The Morgan fingerprint density at radius 3 is 3.13 bits per heavy atom. The second kappa shape index (κ2) is 5.90. The number of nitrogens with two attached hydrogens (primary N) is 1. The van der Waals surface area contributed by atoms with Gasteiger partial charge in [-0.1, -0.05) is 12.1 Å². The van der Waals surface area contributed by atoms with Crippen LogP contribution in [0.15, 0.2) is 30.9 Å². The van der Waals surface area contributed by atoms with Crippen molar-refractivity contribution < 1.29 is 9.53 Å². The number of rotatable bonds is 5. The highest BCUT2D eigenvalue weighted by atomic mass is 16.5. The van der Waals surface area contributed by atoms with Gasteiger partial charge in [-0.15, -0.1) is 6.58 Å². The summed E-state index contributed by atoms with van der Waals surface area (Å²) in [6.07, 6.45) is 1.65. The first-order chi connectivity index (χ1) is 7.27. The zero-order valence-corrected chi connectivity index (χ0v) is 8.27. The number of hydrazine groups is 1. The number of hydrogen-bond acceptors (Lipinski definition) is 4. The van der Waals surface area contributed by atoms with E-state index in [0.29, 0.717) is 18.9 Å². The van der Waals surface area contributed by atoms with Gasteiger partial charge in [0.25, 0.3) is 5.91 Å². The lowest BCUT2D eigenvalue weighted by molar-refractivity contribution is 0.0947. The van der Waals surface area contributed by atoms with E-state index in [1.165, 1.54) is 0 Å². The number of pyridine rings is 1. The fourth-order valence-electron chi connectivity index (χ4n) is 1.01. The molecule has 0 aliphatic rings. The van der Waals surface area contributed by atoms with Crippen molar-refractivity contribution >= 4 is 5.91 Å². The Morgan fingerprint density at radius 1 is 1.67 bits per heavy atom. The Kier molecular flexibility index (Phi) is 4.46. The highest BCUT2D eigenvalue weighted by Gasteiger charge is 2.05. The van der Waals surface area contributed by atoms with Gasteiger partial charge in [0.05, 0.1) is 18.9 Å². The first-order valence-corrected chi connectivity index (χ1v) is 4.43. The van der Waals surface area contributed by atoms with Gasteiger partial charge in [-0.25, -0.2) is 10.8 Å². The highest BCUT2D eigenvalue weighted by Crippen LogP contribution is 2.01. The van der Waals surface area contributed by atoms with Crippen LogP contribution < -0.4 is 11.3 Å². The predicted octanol–water partition coefficient (Wildman–Crippen LogP) is 0.388. The van der Waals surface area contributed by atoms with Crippen LogP contribution in [0.25, 0.3) is 0 Å². The van der Waals surface area contributed by atoms with Crippen LogP contribution >= 0.6 is 0 Å². The number of ether oxygens (including phenoxy) is 1. The van der Waals surface area contributed by atoms with Crippen LogP contribution in [-0.4, -0.2) is 17.5 Å². The van der Waals surface area contributed by atoms with Crippen LogP contribution in [0, 0.1) is 0 Å². The summed E-state index contributed by atoms with van der Waals surface area (Å²) in [5.41, 5.74) is 2.97. The molecule has 0 bridgehead atoms. The molecule has 1 amide bonds. The average Bonchev–Trinajstić information content (AvgIpc) is 2.29. The van der Waals surface area contributed by atoms with Gasteiger partial charge in [-0.3, -0.25) is 10.2 Å². The van der Waals surface area contributed by atoms with E-state index in [4.69, 9.17) is 10.6 Å². The lowest BCUT2D eigenvalue weighted by atomic mass is 10.3. The van der Waals surface area contributed by atoms with Gasteiger partial charge >= 0.3 is 0 Å². The monoisotopic (exact) mass is 207 g/mol. The molecule has 3 N–H and O–H groups in total. The summed E-state index contributed by atoms with van der Waals surface area (Å²) in [5.74, 6) is 4.58. The maximum atomic E-state index is 11.1. The highest BCUT2D eigenvalue weighted by molar-refractivity contribution is 5.91. The minimum Gasteiger partial charge on any atom is -0.371 e. The van der Waals surface area contributed by atoms with E-state index in [2.05, 4.69) is 11.6 Å². The van der Waals surface area contributed by atoms with Crippen LogP contribution in [-0.2, 0) is 11.3 Å². The predicted molar refractivity (Wildman–Crippen MR) is 55.7 cm³/mol. The molecule has 0 aliphatic carbocycles. The molecule has 0 saturated carbocycles. The largest absolute Gasteiger partial charge is 0.371 e. The molecule has 15 heavy (non-hydrogen) atoms. The Morgan fingerprint density at radius 2 is 2.47 bits per heavy atom. The van der Waals surface area contributed by atoms with Crippen molar-refractivity contribution in [2.24, 2.45) is 5.84 Å². The number of carbonyl (C=O) groups is 1. The summed E-state index contributed by atoms with van der Waals surface area (Å²) in [6.45, 7) is 4.32. The van der Waals surface area contributed by atoms with Gasteiger partial charge in [0.1, 0.15) is 5.69 Å². The number of nitrogens with one attached hydrogen (secondary N) is 1. The number of amides is 1. The minimum atomic E-state index is -0.416. The molecule has 1 rings (SSSR count). The number of carbonyl (C=O) groups excluding carboxylic acids is 1. The quantitative estimate of drug-likeness (QED) is 0.241. The third-order valence-electron chi connectivity index (χ3n) is 1.66. The zero-order valence-electron chi connectivity index (χ0n) is 8.27. The van der Waals surface area contributed by atoms with E-state index >= 15 is 0 Å². The molecule has 0 fully saturated rings. The Labute approximate surface area is 87.9 Å². The topological polar surface area (TPSA) is 77.2 Å². The molecule has 0 unspecified atom stereocenters.